The van der Waals surface area contributed by atoms with E-state index in [0.717, 1.165) is 11.8 Å². The summed E-state index contributed by atoms with van der Waals surface area (Å²) in [5, 5.41) is 0. The highest BCUT2D eigenvalue weighted by Gasteiger charge is 2.45. The van der Waals surface area contributed by atoms with Crippen LogP contribution in [0.2, 0.25) is 0 Å². The van der Waals surface area contributed by atoms with E-state index in [-0.39, 0.29) is 16.9 Å². The Balaban J connectivity index is 1.48. The van der Waals surface area contributed by atoms with E-state index in [9.17, 15) is 19.2 Å². The lowest BCUT2D eigenvalue weighted by Crippen LogP contribution is -2.50. The standard InChI is InChI=1S/C34H26O8S/c35-31(23-13-5-1-6-14-23)39-21-28-30(42-34(38)26-19-11-4-12-20-26)29(41-33(37)25-17-9-3-10-18-25)27(22-43-28)40-32(36)24-15-7-2-8-16-24/h1-21,27,29-30H,22H2/b28-21-/t27-,29+,30+/m0/s1. The van der Waals surface area contributed by atoms with Crippen molar-refractivity contribution in [3.8, 4) is 0 Å². The second-order valence-corrected chi connectivity index (χ2v) is 10.4. The van der Waals surface area contributed by atoms with E-state index in [0.29, 0.717) is 16.0 Å². The number of hydrogen-bond donors (Lipinski definition) is 0. The molecule has 4 aromatic rings. The molecule has 0 N–H and O–H groups in total. The number of ether oxygens (including phenoxy) is 4. The molecule has 0 aromatic heterocycles. The van der Waals surface area contributed by atoms with Crippen LogP contribution in [0.5, 0.6) is 0 Å². The Morgan fingerprint density at radius 2 is 0.930 bits per heavy atom. The molecule has 216 valence electrons. The Bertz CT molecular complexity index is 1590. The van der Waals surface area contributed by atoms with Gasteiger partial charge in [-0.25, -0.2) is 19.2 Å². The van der Waals surface area contributed by atoms with E-state index in [1.54, 1.807) is 121 Å². The highest BCUT2D eigenvalue weighted by molar-refractivity contribution is 8.03. The van der Waals surface area contributed by atoms with Gasteiger partial charge >= 0.3 is 23.9 Å². The van der Waals surface area contributed by atoms with Crippen molar-refractivity contribution in [2.75, 3.05) is 5.75 Å². The van der Waals surface area contributed by atoms with Crippen LogP contribution in [-0.2, 0) is 18.9 Å². The third-order valence-corrected chi connectivity index (χ3v) is 7.57. The summed E-state index contributed by atoms with van der Waals surface area (Å²) in [5.74, 6) is -2.55. The van der Waals surface area contributed by atoms with E-state index in [1.807, 2.05) is 0 Å². The van der Waals surface area contributed by atoms with Gasteiger partial charge in [-0.1, -0.05) is 72.8 Å². The summed E-state index contributed by atoms with van der Waals surface area (Å²) in [7, 11) is 0. The van der Waals surface area contributed by atoms with Crippen molar-refractivity contribution in [3.05, 3.63) is 155 Å². The van der Waals surface area contributed by atoms with Gasteiger partial charge in [-0.3, -0.25) is 0 Å². The van der Waals surface area contributed by atoms with Gasteiger partial charge < -0.3 is 18.9 Å². The highest BCUT2D eigenvalue weighted by atomic mass is 32.2. The number of hydrogen-bond acceptors (Lipinski definition) is 9. The normalized spacial score (nSPS) is 18.7. The fourth-order valence-corrected chi connectivity index (χ4v) is 5.31. The van der Waals surface area contributed by atoms with E-state index in [1.165, 1.54) is 6.26 Å². The maximum atomic E-state index is 13.3. The first-order valence-electron chi connectivity index (χ1n) is 13.4. The number of esters is 4. The summed E-state index contributed by atoms with van der Waals surface area (Å²) in [6.45, 7) is 0. The molecule has 0 radical (unpaired) electrons. The zero-order valence-corrected chi connectivity index (χ0v) is 23.6. The average Bonchev–Trinajstić information content (AvgIpc) is 3.07. The lowest BCUT2D eigenvalue weighted by atomic mass is 10.1. The molecule has 0 aliphatic carbocycles. The van der Waals surface area contributed by atoms with Crippen LogP contribution in [0.1, 0.15) is 41.4 Å². The summed E-state index contributed by atoms with van der Waals surface area (Å²) >= 11 is 1.16. The molecule has 1 saturated heterocycles. The molecule has 0 spiro atoms. The Morgan fingerprint density at radius 3 is 1.40 bits per heavy atom. The first-order valence-corrected chi connectivity index (χ1v) is 14.3. The molecule has 43 heavy (non-hydrogen) atoms. The van der Waals surface area contributed by atoms with Gasteiger partial charge in [0.15, 0.2) is 18.3 Å². The minimum absolute atomic E-state index is 0.124. The summed E-state index contributed by atoms with van der Waals surface area (Å²) in [4.78, 5) is 52.6. The second kappa shape index (κ2) is 14.2. The number of carbonyl (C=O) groups is 4. The van der Waals surface area contributed by atoms with E-state index >= 15 is 0 Å². The van der Waals surface area contributed by atoms with Gasteiger partial charge in [0.05, 0.1) is 27.2 Å². The topological polar surface area (TPSA) is 105 Å². The predicted molar refractivity (Wildman–Crippen MR) is 159 cm³/mol. The summed E-state index contributed by atoms with van der Waals surface area (Å²) in [5.41, 5.74) is 1.13. The van der Waals surface area contributed by atoms with Gasteiger partial charge in [0, 0.05) is 5.75 Å². The minimum atomic E-state index is -1.27. The van der Waals surface area contributed by atoms with Crippen LogP contribution in [0.15, 0.2) is 132 Å². The molecule has 5 rings (SSSR count). The fourth-order valence-electron chi connectivity index (χ4n) is 4.23. The van der Waals surface area contributed by atoms with Crippen molar-refractivity contribution >= 4 is 35.6 Å². The van der Waals surface area contributed by atoms with Crippen LogP contribution in [0, 0.1) is 0 Å². The number of benzene rings is 4. The average molecular weight is 595 g/mol. The minimum Gasteiger partial charge on any atom is -0.454 e. The van der Waals surface area contributed by atoms with Gasteiger partial charge in [-0.15, -0.1) is 11.8 Å². The van der Waals surface area contributed by atoms with E-state index in [2.05, 4.69) is 0 Å². The molecule has 1 aliphatic rings. The fraction of sp³-hybridized carbons (Fsp3) is 0.118. The molecular formula is C34H26O8S. The zero-order chi connectivity index (χ0) is 30.0. The first kappa shape index (κ1) is 29.3. The zero-order valence-electron chi connectivity index (χ0n) is 22.7. The Kier molecular flexibility index (Phi) is 9.66. The molecule has 0 saturated carbocycles. The molecule has 3 atom stereocenters. The van der Waals surface area contributed by atoms with Crippen molar-refractivity contribution in [1.82, 2.24) is 0 Å². The molecule has 1 heterocycles. The van der Waals surface area contributed by atoms with Crippen molar-refractivity contribution < 1.29 is 38.1 Å². The third kappa shape index (κ3) is 7.58. The first-order chi connectivity index (χ1) is 21.0. The van der Waals surface area contributed by atoms with Crippen LogP contribution in [0.25, 0.3) is 0 Å². The molecule has 1 fully saturated rings. The Morgan fingerprint density at radius 1 is 0.535 bits per heavy atom. The van der Waals surface area contributed by atoms with Gasteiger partial charge in [0.25, 0.3) is 0 Å². The Labute approximate surface area is 252 Å². The smallest absolute Gasteiger partial charge is 0.342 e. The summed E-state index contributed by atoms with van der Waals surface area (Å²) < 4.78 is 23.1. The second-order valence-electron chi connectivity index (χ2n) is 9.34. The predicted octanol–water partition coefficient (Wildman–Crippen LogP) is 6.11. The van der Waals surface area contributed by atoms with Crippen LogP contribution >= 0.6 is 11.8 Å². The molecule has 0 bridgehead atoms. The molecule has 0 unspecified atom stereocenters. The summed E-state index contributed by atoms with van der Waals surface area (Å²) in [6, 6.07) is 33.3. The molecule has 0 amide bonds. The maximum absolute atomic E-state index is 13.3. The molecule has 4 aromatic carbocycles. The number of carbonyl (C=O) groups excluding carboxylic acids is 4. The number of rotatable bonds is 8. The largest absolute Gasteiger partial charge is 0.454 e. The van der Waals surface area contributed by atoms with Crippen molar-refractivity contribution in [3.63, 3.8) is 0 Å². The molecule has 1 aliphatic heterocycles. The van der Waals surface area contributed by atoms with Gasteiger partial charge in [-0.2, -0.15) is 0 Å². The number of thioether (sulfide) groups is 1. The summed E-state index contributed by atoms with van der Waals surface area (Å²) in [6.07, 6.45) is -2.37. The Hall–Kier alpha value is -5.15. The molecule has 8 nitrogen and oxygen atoms in total. The van der Waals surface area contributed by atoms with Crippen LogP contribution < -0.4 is 0 Å². The monoisotopic (exact) mass is 594 g/mol. The maximum Gasteiger partial charge on any atom is 0.342 e. The third-order valence-electron chi connectivity index (χ3n) is 6.42. The lowest BCUT2D eigenvalue weighted by Gasteiger charge is -2.37. The van der Waals surface area contributed by atoms with Gasteiger partial charge in [0.1, 0.15) is 6.26 Å². The van der Waals surface area contributed by atoms with Crippen molar-refractivity contribution in [2.24, 2.45) is 0 Å². The van der Waals surface area contributed by atoms with Gasteiger partial charge in [-0.05, 0) is 48.5 Å². The van der Waals surface area contributed by atoms with E-state index in [4.69, 9.17) is 18.9 Å². The molecular weight excluding hydrogens is 568 g/mol. The SMILES string of the molecule is O=C(O/C=C1\SC[C@H](OC(=O)c2ccccc2)[C@@H](OC(=O)c2ccccc2)[C@@H]1OC(=O)c1ccccc1)c1ccccc1. The van der Waals surface area contributed by atoms with E-state index < -0.39 is 42.2 Å². The molecule has 9 heteroatoms. The quantitative estimate of drug-likeness (QED) is 0.136. The van der Waals surface area contributed by atoms with Crippen LogP contribution in [0.3, 0.4) is 0 Å². The van der Waals surface area contributed by atoms with Crippen LogP contribution in [0.4, 0.5) is 0 Å². The van der Waals surface area contributed by atoms with Gasteiger partial charge in [0.2, 0.25) is 0 Å². The van der Waals surface area contributed by atoms with Crippen molar-refractivity contribution in [1.29, 1.82) is 0 Å². The van der Waals surface area contributed by atoms with Crippen molar-refractivity contribution in [2.45, 2.75) is 18.3 Å². The lowest BCUT2D eigenvalue weighted by molar-refractivity contribution is -0.0726. The highest BCUT2D eigenvalue weighted by Crippen LogP contribution is 2.36. The van der Waals surface area contributed by atoms with Crippen LogP contribution in [-0.4, -0.2) is 47.9 Å².